The lowest BCUT2D eigenvalue weighted by molar-refractivity contribution is 0.0177. The third-order valence-electron chi connectivity index (χ3n) is 5.30. The number of carbonyl (C=O) groups excluding carboxylic acids is 2. The third-order valence-corrected chi connectivity index (χ3v) is 5.97. The Bertz CT molecular complexity index is 954. The van der Waals surface area contributed by atoms with E-state index in [0.29, 0.717) is 35.1 Å². The zero-order chi connectivity index (χ0) is 22.8. The van der Waals surface area contributed by atoms with Crippen LogP contribution >= 0.6 is 23.2 Å². The van der Waals surface area contributed by atoms with E-state index < -0.39 is 5.60 Å². The van der Waals surface area contributed by atoms with Crippen molar-refractivity contribution in [2.24, 2.45) is 0 Å². The third kappa shape index (κ3) is 6.14. The molecule has 5 nitrogen and oxygen atoms in total. The van der Waals surface area contributed by atoms with E-state index in [0.717, 1.165) is 11.1 Å². The molecule has 1 heterocycles. The SMILES string of the molecule is Cc1cc([C@@H]2CN(C(=O)OC(C)(C)C)CCC2NC(=O)c2ccc(Cl)cc2)ccc1Cl. The minimum absolute atomic E-state index is 0.0894. The Morgan fingerprint density at radius 1 is 1.10 bits per heavy atom. The van der Waals surface area contributed by atoms with E-state index in [-0.39, 0.29) is 24.0 Å². The van der Waals surface area contributed by atoms with Crippen LogP contribution in [0.1, 0.15) is 54.6 Å². The van der Waals surface area contributed by atoms with E-state index in [1.807, 2.05) is 45.9 Å². The molecule has 0 saturated carbocycles. The number of amides is 2. The van der Waals surface area contributed by atoms with E-state index in [9.17, 15) is 9.59 Å². The predicted molar refractivity (Wildman–Crippen MR) is 124 cm³/mol. The average Bonchev–Trinajstić information content (AvgIpc) is 2.69. The largest absolute Gasteiger partial charge is 0.444 e. The minimum atomic E-state index is -0.566. The number of hydrogen-bond donors (Lipinski definition) is 1. The molecule has 1 aliphatic heterocycles. The fraction of sp³-hybridized carbons (Fsp3) is 0.417. The number of benzene rings is 2. The summed E-state index contributed by atoms with van der Waals surface area (Å²) in [5.41, 5.74) is 1.96. The molecule has 3 rings (SSSR count). The number of aryl methyl sites for hydroxylation is 1. The topological polar surface area (TPSA) is 58.6 Å². The Hall–Kier alpha value is -2.24. The van der Waals surface area contributed by atoms with Gasteiger partial charge in [-0.25, -0.2) is 4.79 Å². The molecule has 1 saturated heterocycles. The normalized spacial score (nSPS) is 19.1. The van der Waals surface area contributed by atoms with Crippen molar-refractivity contribution in [2.45, 2.75) is 51.7 Å². The standard InChI is InChI=1S/C24H28Cl2N2O3/c1-15-13-17(7-10-20(15)26)19-14-28(23(30)31-24(2,3)4)12-11-21(19)27-22(29)16-5-8-18(25)9-6-16/h5-10,13,19,21H,11-12,14H2,1-4H3,(H,27,29)/t19-,21?/m0/s1. The molecule has 1 unspecified atom stereocenters. The molecule has 2 aromatic carbocycles. The van der Waals surface area contributed by atoms with Crippen molar-refractivity contribution >= 4 is 35.2 Å². The molecule has 31 heavy (non-hydrogen) atoms. The Morgan fingerprint density at radius 2 is 1.77 bits per heavy atom. The second-order valence-corrected chi connectivity index (χ2v) is 9.76. The van der Waals surface area contributed by atoms with Gasteiger partial charge in [-0.1, -0.05) is 35.3 Å². The quantitative estimate of drug-likeness (QED) is 0.624. The summed E-state index contributed by atoms with van der Waals surface area (Å²) in [7, 11) is 0. The molecule has 7 heteroatoms. The van der Waals surface area contributed by atoms with Gasteiger partial charge in [0.25, 0.3) is 5.91 Å². The highest BCUT2D eigenvalue weighted by Gasteiger charge is 2.35. The second-order valence-electron chi connectivity index (χ2n) is 8.92. The van der Waals surface area contributed by atoms with Crippen LogP contribution in [0, 0.1) is 6.92 Å². The zero-order valence-electron chi connectivity index (χ0n) is 18.2. The van der Waals surface area contributed by atoms with Crippen LogP contribution in [-0.2, 0) is 4.74 Å². The van der Waals surface area contributed by atoms with E-state index in [1.165, 1.54) is 0 Å². The van der Waals surface area contributed by atoms with E-state index in [2.05, 4.69) is 5.32 Å². The van der Waals surface area contributed by atoms with Gasteiger partial charge < -0.3 is 15.0 Å². The summed E-state index contributed by atoms with van der Waals surface area (Å²) in [4.78, 5) is 27.2. The van der Waals surface area contributed by atoms with Gasteiger partial charge in [0, 0.05) is 40.7 Å². The Labute approximate surface area is 193 Å². The number of likely N-dealkylation sites (tertiary alicyclic amines) is 1. The number of halogens is 2. The summed E-state index contributed by atoms with van der Waals surface area (Å²) >= 11 is 12.2. The van der Waals surface area contributed by atoms with Crippen LogP contribution < -0.4 is 5.32 Å². The lowest BCUT2D eigenvalue weighted by Crippen LogP contribution is -2.52. The van der Waals surface area contributed by atoms with Crippen molar-refractivity contribution < 1.29 is 14.3 Å². The van der Waals surface area contributed by atoms with Gasteiger partial charge in [0.15, 0.2) is 0 Å². The fourth-order valence-electron chi connectivity index (χ4n) is 3.71. The van der Waals surface area contributed by atoms with Crippen molar-refractivity contribution in [3.63, 3.8) is 0 Å². The highest BCUT2D eigenvalue weighted by Crippen LogP contribution is 2.31. The van der Waals surface area contributed by atoms with Crippen LogP contribution in [0.2, 0.25) is 10.0 Å². The molecule has 0 bridgehead atoms. The molecule has 166 valence electrons. The van der Waals surface area contributed by atoms with Gasteiger partial charge in [-0.05, 0) is 75.6 Å². The van der Waals surface area contributed by atoms with Crippen molar-refractivity contribution in [3.8, 4) is 0 Å². The van der Waals surface area contributed by atoms with E-state index >= 15 is 0 Å². The van der Waals surface area contributed by atoms with Crippen LogP contribution in [0.15, 0.2) is 42.5 Å². The maximum atomic E-state index is 12.8. The molecule has 2 atom stereocenters. The molecule has 0 spiro atoms. The first-order valence-corrected chi connectivity index (χ1v) is 11.1. The number of rotatable bonds is 3. The molecule has 0 radical (unpaired) electrons. The van der Waals surface area contributed by atoms with Crippen LogP contribution in [-0.4, -0.2) is 41.6 Å². The molecule has 2 amide bonds. The van der Waals surface area contributed by atoms with Gasteiger partial charge in [0.05, 0.1) is 0 Å². The molecule has 0 aliphatic carbocycles. The summed E-state index contributed by atoms with van der Waals surface area (Å²) in [6, 6.07) is 12.5. The first kappa shape index (κ1) is 23.4. The maximum Gasteiger partial charge on any atom is 0.410 e. The minimum Gasteiger partial charge on any atom is -0.444 e. The molecule has 0 aromatic heterocycles. The number of piperidine rings is 1. The first-order valence-electron chi connectivity index (χ1n) is 10.3. The zero-order valence-corrected chi connectivity index (χ0v) is 19.8. The van der Waals surface area contributed by atoms with Gasteiger partial charge in [-0.3, -0.25) is 4.79 Å². The van der Waals surface area contributed by atoms with Gasteiger partial charge >= 0.3 is 6.09 Å². The summed E-state index contributed by atoms with van der Waals surface area (Å²) in [6.07, 6.45) is 0.274. The average molecular weight is 463 g/mol. The summed E-state index contributed by atoms with van der Waals surface area (Å²) < 4.78 is 5.57. The Balaban J connectivity index is 1.83. The molecule has 1 N–H and O–H groups in total. The summed E-state index contributed by atoms with van der Waals surface area (Å²) in [5, 5.41) is 4.42. The molecule has 1 fully saturated rings. The summed E-state index contributed by atoms with van der Waals surface area (Å²) in [5.74, 6) is -0.253. The Morgan fingerprint density at radius 3 is 2.39 bits per heavy atom. The predicted octanol–water partition coefficient (Wildman–Crippen LogP) is 5.82. The van der Waals surface area contributed by atoms with Crippen molar-refractivity contribution in [2.75, 3.05) is 13.1 Å². The van der Waals surface area contributed by atoms with Crippen LogP contribution in [0.3, 0.4) is 0 Å². The monoisotopic (exact) mass is 462 g/mol. The fourth-order valence-corrected chi connectivity index (χ4v) is 3.95. The van der Waals surface area contributed by atoms with E-state index in [4.69, 9.17) is 27.9 Å². The van der Waals surface area contributed by atoms with Crippen LogP contribution in [0.25, 0.3) is 0 Å². The van der Waals surface area contributed by atoms with Crippen molar-refractivity contribution in [1.29, 1.82) is 0 Å². The summed E-state index contributed by atoms with van der Waals surface area (Å²) in [6.45, 7) is 8.45. The van der Waals surface area contributed by atoms with Gasteiger partial charge in [0.1, 0.15) is 5.60 Å². The van der Waals surface area contributed by atoms with Crippen molar-refractivity contribution in [1.82, 2.24) is 10.2 Å². The second kappa shape index (κ2) is 9.49. The molecular weight excluding hydrogens is 435 g/mol. The lowest BCUT2D eigenvalue weighted by Gasteiger charge is -2.39. The van der Waals surface area contributed by atoms with Crippen LogP contribution in [0.5, 0.6) is 0 Å². The highest BCUT2D eigenvalue weighted by atomic mass is 35.5. The van der Waals surface area contributed by atoms with Gasteiger partial charge in [0.2, 0.25) is 0 Å². The number of nitrogens with one attached hydrogen (secondary N) is 1. The molecular formula is C24H28Cl2N2O3. The lowest BCUT2D eigenvalue weighted by atomic mass is 9.85. The Kier molecular flexibility index (Phi) is 7.17. The van der Waals surface area contributed by atoms with Crippen LogP contribution in [0.4, 0.5) is 4.79 Å². The molecule has 2 aromatic rings. The highest BCUT2D eigenvalue weighted by molar-refractivity contribution is 6.31. The van der Waals surface area contributed by atoms with E-state index in [1.54, 1.807) is 29.2 Å². The van der Waals surface area contributed by atoms with Crippen molar-refractivity contribution in [3.05, 3.63) is 69.2 Å². The van der Waals surface area contributed by atoms with Gasteiger partial charge in [-0.15, -0.1) is 0 Å². The number of hydrogen-bond acceptors (Lipinski definition) is 3. The van der Waals surface area contributed by atoms with Gasteiger partial charge in [-0.2, -0.15) is 0 Å². The number of ether oxygens (including phenoxy) is 1. The first-order chi connectivity index (χ1) is 14.5. The molecule has 1 aliphatic rings. The number of carbonyl (C=O) groups is 2. The number of nitrogens with zero attached hydrogens (tertiary/aromatic N) is 1. The smallest absolute Gasteiger partial charge is 0.410 e. The maximum absolute atomic E-state index is 12.8.